The zero-order valence-corrected chi connectivity index (χ0v) is 16.4. The van der Waals surface area contributed by atoms with Gasteiger partial charge in [0.15, 0.2) is 5.96 Å². The molecule has 126 valence electrons. The number of thiazole rings is 1. The molecule has 0 unspecified atom stereocenters. The van der Waals surface area contributed by atoms with Gasteiger partial charge >= 0.3 is 0 Å². The quantitative estimate of drug-likeness (QED) is 0.614. The van der Waals surface area contributed by atoms with Gasteiger partial charge in [0.2, 0.25) is 0 Å². The summed E-state index contributed by atoms with van der Waals surface area (Å²) in [5.74, 6) is 0.927. The third-order valence-electron chi connectivity index (χ3n) is 3.32. The first-order valence-electron chi connectivity index (χ1n) is 7.66. The smallest absolute Gasteiger partial charge is 0.193 e. The molecule has 0 aliphatic heterocycles. The number of aryl methyl sites for hydroxylation is 2. The van der Waals surface area contributed by atoms with Gasteiger partial charge in [-0.2, -0.15) is 0 Å². The van der Waals surface area contributed by atoms with E-state index in [4.69, 9.17) is 16.6 Å². The summed E-state index contributed by atoms with van der Waals surface area (Å²) in [7, 11) is 2.05. The number of guanidine groups is 1. The second-order valence-corrected chi connectivity index (χ2v) is 8.38. The molecule has 0 aliphatic carbocycles. The summed E-state index contributed by atoms with van der Waals surface area (Å²) in [5.41, 5.74) is 1.13. The standard InChI is InChI=1S/C16H23ClN4S2/c1-5-18-16(21(4)10-13-6-7-15(17)23-13)19-9-8-14-11(2)20-12(3)22-14/h6-7H,5,8-10H2,1-4H3,(H,18,19). The predicted molar refractivity (Wildman–Crippen MR) is 102 cm³/mol. The molecule has 0 atom stereocenters. The normalized spacial score (nSPS) is 11.8. The molecular formula is C16H23ClN4S2. The lowest BCUT2D eigenvalue weighted by Crippen LogP contribution is -2.38. The molecule has 0 fully saturated rings. The Hall–Kier alpha value is -1.11. The average molecular weight is 371 g/mol. The number of rotatable bonds is 6. The first-order valence-corrected chi connectivity index (χ1v) is 9.67. The Bertz CT molecular complexity index is 663. The van der Waals surface area contributed by atoms with E-state index >= 15 is 0 Å². The summed E-state index contributed by atoms with van der Waals surface area (Å²) in [6, 6.07) is 4.00. The maximum Gasteiger partial charge on any atom is 0.193 e. The highest BCUT2D eigenvalue weighted by atomic mass is 35.5. The predicted octanol–water partition coefficient (Wildman–Crippen LogP) is 4.11. The van der Waals surface area contributed by atoms with Crippen molar-refractivity contribution in [3.05, 3.63) is 36.9 Å². The summed E-state index contributed by atoms with van der Waals surface area (Å²) in [5, 5.41) is 4.48. The summed E-state index contributed by atoms with van der Waals surface area (Å²) in [6.07, 6.45) is 0.935. The van der Waals surface area contributed by atoms with Gasteiger partial charge in [-0.25, -0.2) is 4.98 Å². The highest BCUT2D eigenvalue weighted by molar-refractivity contribution is 7.16. The van der Waals surface area contributed by atoms with Crippen molar-refractivity contribution in [1.29, 1.82) is 0 Å². The fraction of sp³-hybridized carbons (Fsp3) is 0.500. The third kappa shape index (κ3) is 5.48. The van der Waals surface area contributed by atoms with E-state index in [9.17, 15) is 0 Å². The molecule has 2 aromatic heterocycles. The van der Waals surface area contributed by atoms with Crippen molar-refractivity contribution in [2.24, 2.45) is 4.99 Å². The Balaban J connectivity index is 1.97. The van der Waals surface area contributed by atoms with E-state index in [2.05, 4.69) is 49.1 Å². The minimum Gasteiger partial charge on any atom is -0.357 e. The molecule has 2 heterocycles. The molecule has 2 rings (SSSR count). The van der Waals surface area contributed by atoms with Gasteiger partial charge in [0, 0.05) is 36.3 Å². The lowest BCUT2D eigenvalue weighted by Gasteiger charge is -2.21. The molecule has 0 radical (unpaired) electrons. The molecule has 0 aromatic carbocycles. The highest BCUT2D eigenvalue weighted by Gasteiger charge is 2.09. The molecule has 0 amide bonds. The van der Waals surface area contributed by atoms with Crippen molar-refractivity contribution in [3.63, 3.8) is 0 Å². The van der Waals surface area contributed by atoms with Gasteiger partial charge in [0.25, 0.3) is 0 Å². The Morgan fingerprint density at radius 3 is 2.70 bits per heavy atom. The number of nitrogens with one attached hydrogen (secondary N) is 1. The molecule has 23 heavy (non-hydrogen) atoms. The van der Waals surface area contributed by atoms with Crippen LogP contribution in [0.4, 0.5) is 0 Å². The zero-order valence-electron chi connectivity index (χ0n) is 14.0. The monoisotopic (exact) mass is 370 g/mol. The van der Waals surface area contributed by atoms with Crippen LogP contribution in [0.5, 0.6) is 0 Å². The second-order valence-electron chi connectivity index (χ2n) is 5.29. The maximum atomic E-state index is 6.00. The topological polar surface area (TPSA) is 40.5 Å². The SMILES string of the molecule is CCNC(=NCCc1sc(C)nc1C)N(C)Cc1ccc(Cl)s1. The Labute approximate surface area is 151 Å². The number of thiophene rings is 1. The van der Waals surface area contributed by atoms with E-state index in [0.717, 1.165) is 47.1 Å². The van der Waals surface area contributed by atoms with E-state index in [1.165, 1.54) is 9.75 Å². The van der Waals surface area contributed by atoms with Gasteiger partial charge in [0.05, 0.1) is 21.6 Å². The molecule has 0 aliphatic rings. The van der Waals surface area contributed by atoms with Gasteiger partial charge < -0.3 is 10.2 Å². The van der Waals surface area contributed by atoms with Crippen LogP contribution in [-0.4, -0.2) is 36.0 Å². The van der Waals surface area contributed by atoms with Crippen molar-refractivity contribution in [2.45, 2.75) is 33.7 Å². The Morgan fingerprint density at radius 1 is 1.35 bits per heavy atom. The number of hydrogen-bond acceptors (Lipinski definition) is 4. The summed E-state index contributed by atoms with van der Waals surface area (Å²) in [4.78, 5) is 13.9. The fourth-order valence-electron chi connectivity index (χ4n) is 2.28. The molecule has 0 spiro atoms. The molecule has 1 N–H and O–H groups in total. The van der Waals surface area contributed by atoms with Crippen LogP contribution in [0.3, 0.4) is 0 Å². The molecule has 4 nitrogen and oxygen atoms in total. The van der Waals surface area contributed by atoms with Crippen LogP contribution >= 0.6 is 34.3 Å². The molecule has 0 saturated heterocycles. The van der Waals surface area contributed by atoms with Crippen molar-refractivity contribution >= 4 is 40.2 Å². The fourth-order valence-corrected chi connectivity index (χ4v) is 4.35. The van der Waals surface area contributed by atoms with Crippen LogP contribution < -0.4 is 5.32 Å². The number of aromatic nitrogens is 1. The largest absolute Gasteiger partial charge is 0.357 e. The molecule has 0 bridgehead atoms. The van der Waals surface area contributed by atoms with E-state index < -0.39 is 0 Å². The number of hydrogen-bond donors (Lipinski definition) is 1. The second kappa shape index (κ2) is 8.66. The first-order chi connectivity index (χ1) is 11.0. The maximum absolute atomic E-state index is 6.00. The Kier molecular flexibility index (Phi) is 6.87. The van der Waals surface area contributed by atoms with E-state index in [0.29, 0.717) is 0 Å². The summed E-state index contributed by atoms with van der Waals surface area (Å²) >= 11 is 9.38. The van der Waals surface area contributed by atoms with Crippen molar-refractivity contribution in [1.82, 2.24) is 15.2 Å². The number of halogens is 1. The number of nitrogens with zero attached hydrogens (tertiary/aromatic N) is 3. The third-order valence-corrected chi connectivity index (χ3v) is 5.67. The van der Waals surface area contributed by atoms with Crippen molar-refractivity contribution < 1.29 is 0 Å². The van der Waals surface area contributed by atoms with Gasteiger partial charge in [-0.15, -0.1) is 22.7 Å². The molecule has 2 aromatic rings. The first kappa shape index (κ1) is 18.2. The molecule has 0 saturated carbocycles. The van der Waals surface area contributed by atoms with E-state index in [-0.39, 0.29) is 0 Å². The zero-order chi connectivity index (χ0) is 16.8. The molecule has 7 heteroatoms. The van der Waals surface area contributed by atoms with E-state index in [1.807, 2.05) is 6.07 Å². The van der Waals surface area contributed by atoms with E-state index in [1.54, 1.807) is 22.7 Å². The van der Waals surface area contributed by atoms with Crippen LogP contribution in [0.1, 0.15) is 27.4 Å². The van der Waals surface area contributed by atoms with Gasteiger partial charge in [-0.05, 0) is 32.9 Å². The lowest BCUT2D eigenvalue weighted by atomic mass is 10.3. The molecular weight excluding hydrogens is 348 g/mol. The van der Waals surface area contributed by atoms with Crippen LogP contribution in [0.15, 0.2) is 17.1 Å². The van der Waals surface area contributed by atoms with Crippen LogP contribution in [-0.2, 0) is 13.0 Å². The minimum absolute atomic E-state index is 0.764. The van der Waals surface area contributed by atoms with Crippen LogP contribution in [0, 0.1) is 13.8 Å². The van der Waals surface area contributed by atoms with Crippen LogP contribution in [0.2, 0.25) is 4.34 Å². The number of aliphatic imine (C=N–C) groups is 1. The summed E-state index contributed by atoms with van der Waals surface area (Å²) in [6.45, 7) is 8.63. The minimum atomic E-state index is 0.764. The van der Waals surface area contributed by atoms with Crippen molar-refractivity contribution in [3.8, 4) is 0 Å². The lowest BCUT2D eigenvalue weighted by molar-refractivity contribution is 0.481. The summed E-state index contributed by atoms with van der Waals surface area (Å²) < 4.78 is 0.825. The average Bonchev–Trinajstić information content (AvgIpc) is 3.03. The van der Waals surface area contributed by atoms with Crippen molar-refractivity contribution in [2.75, 3.05) is 20.1 Å². The highest BCUT2D eigenvalue weighted by Crippen LogP contribution is 2.22. The van der Waals surface area contributed by atoms with Gasteiger partial charge in [0.1, 0.15) is 0 Å². The van der Waals surface area contributed by atoms with Crippen LogP contribution in [0.25, 0.3) is 0 Å². The van der Waals surface area contributed by atoms with Gasteiger partial charge in [-0.3, -0.25) is 4.99 Å². The van der Waals surface area contributed by atoms with Gasteiger partial charge in [-0.1, -0.05) is 11.6 Å². The Morgan fingerprint density at radius 2 is 2.13 bits per heavy atom.